The van der Waals surface area contributed by atoms with Gasteiger partial charge in [0.05, 0.1) is 0 Å². The van der Waals surface area contributed by atoms with E-state index in [1.54, 1.807) is 0 Å². The smallest absolute Gasteiger partial charge is 0.390 e. The molecule has 11 heavy (non-hydrogen) atoms. The first-order chi connectivity index (χ1) is 4.91. The minimum atomic E-state index is -3.97. The van der Waals surface area contributed by atoms with E-state index < -0.39 is 14.3 Å². The standard InChI is InChI=1S/C5H14N2O3Si/c6-4-1-3(2-5(4)7)11(8,9)10/h3-5,8-10H,1-2,6-7H2. The summed E-state index contributed by atoms with van der Waals surface area (Å²) >= 11 is 0. The molecule has 0 bridgehead atoms. The molecular formula is C5H14N2O3Si. The third kappa shape index (κ3) is 1.98. The van der Waals surface area contributed by atoms with Crippen molar-refractivity contribution < 1.29 is 14.4 Å². The van der Waals surface area contributed by atoms with E-state index in [-0.39, 0.29) is 12.1 Å². The summed E-state index contributed by atoms with van der Waals surface area (Å²) in [6.45, 7) is 0. The van der Waals surface area contributed by atoms with E-state index in [9.17, 15) is 0 Å². The van der Waals surface area contributed by atoms with Gasteiger partial charge >= 0.3 is 8.80 Å². The summed E-state index contributed by atoms with van der Waals surface area (Å²) in [5.41, 5.74) is 10.6. The lowest BCUT2D eigenvalue weighted by Crippen LogP contribution is -2.40. The van der Waals surface area contributed by atoms with Crippen molar-refractivity contribution >= 4 is 8.80 Å². The van der Waals surface area contributed by atoms with Gasteiger partial charge in [0.25, 0.3) is 0 Å². The molecule has 5 nitrogen and oxygen atoms in total. The molecule has 0 amide bonds. The first-order valence-corrected chi connectivity index (χ1v) is 5.51. The van der Waals surface area contributed by atoms with Gasteiger partial charge in [0.1, 0.15) is 0 Å². The number of rotatable bonds is 1. The Morgan fingerprint density at radius 1 is 1.00 bits per heavy atom. The van der Waals surface area contributed by atoms with E-state index in [0.717, 1.165) is 0 Å². The van der Waals surface area contributed by atoms with Gasteiger partial charge in [-0.05, 0) is 12.8 Å². The summed E-state index contributed by atoms with van der Waals surface area (Å²) in [7, 11) is -3.97. The van der Waals surface area contributed by atoms with Crippen LogP contribution in [0.3, 0.4) is 0 Å². The molecular weight excluding hydrogens is 164 g/mol. The van der Waals surface area contributed by atoms with Crippen LogP contribution in [0, 0.1) is 0 Å². The van der Waals surface area contributed by atoms with Crippen molar-refractivity contribution in [1.82, 2.24) is 0 Å². The molecule has 2 atom stereocenters. The molecule has 0 aliphatic heterocycles. The zero-order valence-corrected chi connectivity index (χ0v) is 7.14. The van der Waals surface area contributed by atoms with E-state index in [1.165, 1.54) is 0 Å². The van der Waals surface area contributed by atoms with Crippen LogP contribution in [0.1, 0.15) is 12.8 Å². The minimum Gasteiger partial charge on any atom is -0.390 e. The van der Waals surface area contributed by atoms with Crippen LogP contribution in [0.2, 0.25) is 5.54 Å². The molecule has 0 aromatic rings. The summed E-state index contributed by atoms with van der Waals surface area (Å²) in [5, 5.41) is 0. The molecule has 1 aliphatic carbocycles. The number of hydrogen-bond donors (Lipinski definition) is 5. The summed E-state index contributed by atoms with van der Waals surface area (Å²) in [5.74, 6) is 0. The molecule has 1 rings (SSSR count). The van der Waals surface area contributed by atoms with E-state index >= 15 is 0 Å². The van der Waals surface area contributed by atoms with Gasteiger partial charge in [0.2, 0.25) is 0 Å². The van der Waals surface area contributed by atoms with E-state index in [2.05, 4.69) is 0 Å². The van der Waals surface area contributed by atoms with Gasteiger partial charge < -0.3 is 25.9 Å². The van der Waals surface area contributed by atoms with Gasteiger partial charge in [-0.1, -0.05) is 0 Å². The normalized spacial score (nSPS) is 39.5. The average Bonchev–Trinajstić information content (AvgIpc) is 2.11. The van der Waals surface area contributed by atoms with Crippen molar-refractivity contribution in [3.8, 4) is 0 Å². The Bertz CT molecular complexity index is 139. The Balaban J connectivity index is 2.54. The van der Waals surface area contributed by atoms with Crippen molar-refractivity contribution in [1.29, 1.82) is 0 Å². The molecule has 1 fully saturated rings. The fourth-order valence-electron chi connectivity index (χ4n) is 1.42. The van der Waals surface area contributed by atoms with Crippen LogP contribution in [0.5, 0.6) is 0 Å². The van der Waals surface area contributed by atoms with Crippen molar-refractivity contribution in [3.63, 3.8) is 0 Å². The van der Waals surface area contributed by atoms with Gasteiger partial charge in [-0.3, -0.25) is 0 Å². The number of hydrogen-bond acceptors (Lipinski definition) is 5. The molecule has 1 aliphatic rings. The maximum absolute atomic E-state index is 8.89. The Labute approximate surface area is 66.0 Å². The van der Waals surface area contributed by atoms with Crippen molar-refractivity contribution in [2.75, 3.05) is 0 Å². The van der Waals surface area contributed by atoms with Crippen LogP contribution in [0.4, 0.5) is 0 Å². The maximum atomic E-state index is 8.89. The molecule has 0 aromatic carbocycles. The zero-order chi connectivity index (χ0) is 8.65. The highest BCUT2D eigenvalue weighted by Crippen LogP contribution is 2.33. The third-order valence-electron chi connectivity index (χ3n) is 2.21. The van der Waals surface area contributed by atoms with Gasteiger partial charge in [-0.2, -0.15) is 0 Å². The highest BCUT2D eigenvalue weighted by molar-refractivity contribution is 6.58. The Morgan fingerprint density at radius 2 is 1.36 bits per heavy atom. The molecule has 0 spiro atoms. The van der Waals surface area contributed by atoms with Crippen molar-refractivity contribution in [3.05, 3.63) is 0 Å². The Kier molecular flexibility index (Phi) is 2.33. The quantitative estimate of drug-likeness (QED) is 0.290. The predicted molar refractivity (Wildman–Crippen MR) is 41.3 cm³/mol. The summed E-state index contributed by atoms with van der Waals surface area (Å²) < 4.78 is 0. The maximum Gasteiger partial charge on any atom is 0.496 e. The van der Waals surface area contributed by atoms with Gasteiger partial charge in [0.15, 0.2) is 0 Å². The third-order valence-corrected chi connectivity index (χ3v) is 3.78. The largest absolute Gasteiger partial charge is 0.496 e. The lowest BCUT2D eigenvalue weighted by molar-refractivity contribution is 0.209. The summed E-state index contributed by atoms with van der Waals surface area (Å²) in [6, 6.07) is -0.420. The topological polar surface area (TPSA) is 113 Å². The van der Waals surface area contributed by atoms with Gasteiger partial charge in [-0.15, -0.1) is 0 Å². The molecule has 0 saturated heterocycles. The van der Waals surface area contributed by atoms with Crippen LogP contribution in [0.25, 0.3) is 0 Å². The molecule has 2 unspecified atom stereocenters. The second-order valence-corrected chi connectivity index (χ2v) is 5.37. The van der Waals surface area contributed by atoms with Gasteiger partial charge in [0, 0.05) is 17.6 Å². The summed E-state index contributed by atoms with van der Waals surface area (Å²) in [4.78, 5) is 26.7. The van der Waals surface area contributed by atoms with Gasteiger partial charge in [-0.25, -0.2) is 0 Å². The monoisotopic (exact) mass is 178 g/mol. The molecule has 1 saturated carbocycles. The second-order valence-electron chi connectivity index (χ2n) is 3.18. The van der Waals surface area contributed by atoms with E-state index in [1.807, 2.05) is 0 Å². The Hall–Kier alpha value is 0.0169. The fraction of sp³-hybridized carbons (Fsp3) is 1.00. The minimum absolute atomic E-state index is 0.210. The SMILES string of the molecule is NC1CC([Si](O)(O)O)CC1N. The van der Waals surface area contributed by atoms with Crippen LogP contribution in [-0.2, 0) is 0 Å². The average molecular weight is 178 g/mol. The van der Waals surface area contributed by atoms with Crippen LogP contribution in [-0.4, -0.2) is 35.3 Å². The first kappa shape index (κ1) is 9.11. The predicted octanol–water partition coefficient (Wildman–Crippen LogP) is -2.28. The zero-order valence-electron chi connectivity index (χ0n) is 6.14. The van der Waals surface area contributed by atoms with Crippen LogP contribution in [0.15, 0.2) is 0 Å². The fourth-order valence-corrected chi connectivity index (χ4v) is 2.60. The molecule has 0 aromatic heterocycles. The molecule has 0 radical (unpaired) electrons. The first-order valence-electron chi connectivity index (χ1n) is 3.59. The molecule has 0 heterocycles. The number of nitrogens with two attached hydrogens (primary N) is 2. The molecule has 6 heteroatoms. The lowest BCUT2D eigenvalue weighted by Gasteiger charge is -2.16. The molecule has 66 valence electrons. The van der Waals surface area contributed by atoms with Crippen molar-refractivity contribution in [2.45, 2.75) is 30.5 Å². The van der Waals surface area contributed by atoms with E-state index in [4.69, 9.17) is 25.9 Å². The summed E-state index contributed by atoms with van der Waals surface area (Å²) in [6.07, 6.45) is 0.827. The van der Waals surface area contributed by atoms with E-state index in [0.29, 0.717) is 12.8 Å². The second kappa shape index (κ2) is 2.81. The Morgan fingerprint density at radius 3 is 1.55 bits per heavy atom. The lowest BCUT2D eigenvalue weighted by atomic mass is 10.2. The molecule has 7 N–H and O–H groups in total. The highest BCUT2D eigenvalue weighted by atomic mass is 28.4. The van der Waals surface area contributed by atoms with Crippen LogP contribution < -0.4 is 11.5 Å². The van der Waals surface area contributed by atoms with Crippen molar-refractivity contribution in [2.24, 2.45) is 11.5 Å². The van der Waals surface area contributed by atoms with Crippen LogP contribution >= 0.6 is 0 Å². The highest BCUT2D eigenvalue weighted by Gasteiger charge is 2.45.